The Bertz CT molecular complexity index is 667. The minimum absolute atomic E-state index is 0.0667. The SMILES string of the molecule is CCNC(=NCC1CCc2nnc(C)n2C1)NC1CC(C)(OC)C1(C)C. The predicted octanol–water partition coefficient (Wildman–Crippen LogP) is 1.91. The number of hydrogen-bond donors (Lipinski definition) is 2. The normalized spacial score (nSPS) is 30.5. The van der Waals surface area contributed by atoms with Crippen LogP contribution in [0.2, 0.25) is 0 Å². The van der Waals surface area contributed by atoms with Crippen LogP contribution in [0.3, 0.4) is 0 Å². The van der Waals surface area contributed by atoms with Gasteiger partial charge in [0.1, 0.15) is 11.6 Å². The van der Waals surface area contributed by atoms with E-state index < -0.39 is 0 Å². The van der Waals surface area contributed by atoms with Gasteiger partial charge in [-0.05, 0) is 39.5 Å². The number of aryl methyl sites for hydroxylation is 2. The van der Waals surface area contributed by atoms with Crippen molar-refractivity contribution in [3.8, 4) is 0 Å². The molecule has 1 aliphatic heterocycles. The predicted molar refractivity (Wildman–Crippen MR) is 103 cm³/mol. The first-order valence-corrected chi connectivity index (χ1v) is 9.79. The summed E-state index contributed by atoms with van der Waals surface area (Å²) in [4.78, 5) is 4.88. The number of rotatable bonds is 5. The summed E-state index contributed by atoms with van der Waals surface area (Å²) >= 11 is 0. The fourth-order valence-electron chi connectivity index (χ4n) is 4.11. The van der Waals surface area contributed by atoms with Gasteiger partial charge in [-0.2, -0.15) is 0 Å². The van der Waals surface area contributed by atoms with Crippen molar-refractivity contribution in [1.29, 1.82) is 0 Å². The van der Waals surface area contributed by atoms with Crippen LogP contribution < -0.4 is 10.6 Å². The molecule has 7 heteroatoms. The molecule has 2 N–H and O–H groups in total. The van der Waals surface area contributed by atoms with Gasteiger partial charge in [0.25, 0.3) is 0 Å². The molecular weight excluding hydrogens is 328 g/mol. The van der Waals surface area contributed by atoms with Crippen molar-refractivity contribution >= 4 is 5.96 Å². The van der Waals surface area contributed by atoms with Crippen molar-refractivity contribution in [3.63, 3.8) is 0 Å². The van der Waals surface area contributed by atoms with Crippen molar-refractivity contribution in [2.45, 2.75) is 72.1 Å². The Morgan fingerprint density at radius 1 is 1.35 bits per heavy atom. The molecule has 3 rings (SSSR count). The molecule has 7 nitrogen and oxygen atoms in total. The van der Waals surface area contributed by atoms with Crippen LogP contribution in [0.15, 0.2) is 4.99 Å². The van der Waals surface area contributed by atoms with E-state index in [1.807, 2.05) is 14.0 Å². The zero-order valence-electron chi connectivity index (χ0n) is 17.1. The maximum absolute atomic E-state index is 5.74. The van der Waals surface area contributed by atoms with Crippen molar-refractivity contribution in [2.75, 3.05) is 20.2 Å². The third-order valence-electron chi connectivity index (χ3n) is 6.67. The lowest BCUT2D eigenvalue weighted by molar-refractivity contribution is -0.176. The van der Waals surface area contributed by atoms with E-state index >= 15 is 0 Å². The number of ether oxygens (including phenoxy) is 1. The van der Waals surface area contributed by atoms with Gasteiger partial charge >= 0.3 is 0 Å². The third-order valence-corrected chi connectivity index (χ3v) is 6.67. The highest BCUT2D eigenvalue weighted by atomic mass is 16.5. The second-order valence-corrected chi connectivity index (χ2v) is 8.46. The van der Waals surface area contributed by atoms with Crippen LogP contribution in [0, 0.1) is 18.3 Å². The minimum atomic E-state index is -0.0757. The van der Waals surface area contributed by atoms with E-state index in [0.717, 1.165) is 56.5 Å². The zero-order valence-corrected chi connectivity index (χ0v) is 17.1. The quantitative estimate of drug-likeness (QED) is 0.618. The molecule has 1 saturated carbocycles. The highest BCUT2D eigenvalue weighted by molar-refractivity contribution is 5.80. The number of guanidine groups is 1. The van der Waals surface area contributed by atoms with Crippen LogP contribution in [0.1, 0.15) is 52.2 Å². The number of aliphatic imine (C=N–C) groups is 1. The topological polar surface area (TPSA) is 76.4 Å². The summed E-state index contributed by atoms with van der Waals surface area (Å²) in [6.45, 7) is 13.5. The van der Waals surface area contributed by atoms with Crippen LogP contribution in [-0.4, -0.2) is 52.6 Å². The molecule has 3 unspecified atom stereocenters. The molecule has 0 aromatic carbocycles. The summed E-state index contributed by atoms with van der Waals surface area (Å²) in [5.41, 5.74) is -0.00894. The summed E-state index contributed by atoms with van der Waals surface area (Å²) in [6, 6.07) is 0.364. The summed E-state index contributed by atoms with van der Waals surface area (Å²) in [5, 5.41) is 15.5. The van der Waals surface area contributed by atoms with E-state index in [1.165, 1.54) is 0 Å². The molecule has 0 saturated heterocycles. The fraction of sp³-hybridized carbons (Fsp3) is 0.842. The lowest BCUT2D eigenvalue weighted by atomic mass is 9.56. The molecule has 0 bridgehead atoms. The first-order chi connectivity index (χ1) is 12.3. The molecule has 0 spiro atoms. The fourth-order valence-corrected chi connectivity index (χ4v) is 4.11. The van der Waals surface area contributed by atoms with Gasteiger partial charge in [0.2, 0.25) is 0 Å². The van der Waals surface area contributed by atoms with Gasteiger partial charge in [-0.25, -0.2) is 0 Å². The van der Waals surface area contributed by atoms with Crippen molar-refractivity contribution < 1.29 is 4.74 Å². The molecule has 2 heterocycles. The molecule has 146 valence electrons. The highest BCUT2D eigenvalue weighted by Crippen LogP contribution is 2.51. The Balaban J connectivity index is 1.61. The standard InChI is InChI=1S/C19H34N6O/c1-7-20-17(22-15-10-19(5,26-6)18(15,3)4)21-11-14-8-9-16-24-23-13(2)25(16)12-14/h14-15H,7-12H2,1-6H3,(H2,20,21,22). The molecule has 0 amide bonds. The molecular formula is C19H34N6O. The Morgan fingerprint density at radius 2 is 2.12 bits per heavy atom. The van der Waals surface area contributed by atoms with E-state index in [-0.39, 0.29) is 11.0 Å². The Hall–Kier alpha value is -1.63. The van der Waals surface area contributed by atoms with E-state index in [1.54, 1.807) is 0 Å². The van der Waals surface area contributed by atoms with Crippen LogP contribution in [0.25, 0.3) is 0 Å². The number of methoxy groups -OCH3 is 1. The zero-order chi connectivity index (χ0) is 18.9. The molecule has 0 radical (unpaired) electrons. The maximum atomic E-state index is 5.74. The highest BCUT2D eigenvalue weighted by Gasteiger charge is 2.58. The van der Waals surface area contributed by atoms with Crippen LogP contribution in [-0.2, 0) is 17.7 Å². The number of hydrogen-bond acceptors (Lipinski definition) is 4. The summed E-state index contributed by atoms with van der Waals surface area (Å²) in [5.74, 6) is 3.57. The van der Waals surface area contributed by atoms with Crippen molar-refractivity contribution in [3.05, 3.63) is 11.6 Å². The molecule has 26 heavy (non-hydrogen) atoms. The molecule has 1 fully saturated rings. The Labute approximate surface area is 157 Å². The first-order valence-electron chi connectivity index (χ1n) is 9.79. The van der Waals surface area contributed by atoms with E-state index in [4.69, 9.17) is 9.73 Å². The summed E-state index contributed by atoms with van der Waals surface area (Å²) in [6.07, 6.45) is 3.11. The second-order valence-electron chi connectivity index (χ2n) is 8.46. The monoisotopic (exact) mass is 362 g/mol. The Morgan fingerprint density at radius 3 is 2.77 bits per heavy atom. The first kappa shape index (κ1) is 19.1. The second kappa shape index (κ2) is 7.18. The smallest absolute Gasteiger partial charge is 0.191 e. The summed E-state index contributed by atoms with van der Waals surface area (Å²) in [7, 11) is 1.81. The van der Waals surface area contributed by atoms with Gasteiger partial charge in [0, 0.05) is 44.6 Å². The average Bonchev–Trinajstić information content (AvgIpc) is 2.99. The van der Waals surface area contributed by atoms with Crippen LogP contribution in [0.4, 0.5) is 0 Å². The molecule has 3 atom stereocenters. The number of nitrogens with zero attached hydrogens (tertiary/aromatic N) is 4. The van der Waals surface area contributed by atoms with Gasteiger partial charge in [-0.15, -0.1) is 10.2 Å². The third kappa shape index (κ3) is 3.33. The number of fused-ring (bicyclic) bond motifs is 1. The van der Waals surface area contributed by atoms with Gasteiger partial charge in [-0.3, -0.25) is 4.99 Å². The van der Waals surface area contributed by atoms with Gasteiger partial charge < -0.3 is 19.9 Å². The lowest BCUT2D eigenvalue weighted by Crippen LogP contribution is -2.69. The summed E-state index contributed by atoms with van der Waals surface area (Å²) < 4.78 is 7.98. The van der Waals surface area contributed by atoms with Crippen molar-refractivity contribution in [2.24, 2.45) is 16.3 Å². The largest absolute Gasteiger partial charge is 0.378 e. The minimum Gasteiger partial charge on any atom is -0.378 e. The molecule has 1 aromatic rings. The van der Waals surface area contributed by atoms with E-state index in [0.29, 0.717) is 12.0 Å². The Kier molecular flexibility index (Phi) is 5.28. The lowest BCUT2D eigenvalue weighted by Gasteiger charge is -2.59. The average molecular weight is 363 g/mol. The van der Waals surface area contributed by atoms with Gasteiger partial charge in [-0.1, -0.05) is 13.8 Å². The number of aromatic nitrogens is 3. The molecule has 1 aliphatic carbocycles. The van der Waals surface area contributed by atoms with Gasteiger partial charge in [0.15, 0.2) is 5.96 Å². The maximum Gasteiger partial charge on any atom is 0.191 e. The van der Waals surface area contributed by atoms with E-state index in [9.17, 15) is 0 Å². The molecule has 2 aliphatic rings. The van der Waals surface area contributed by atoms with E-state index in [2.05, 4.69) is 53.1 Å². The van der Waals surface area contributed by atoms with Crippen LogP contribution >= 0.6 is 0 Å². The van der Waals surface area contributed by atoms with Gasteiger partial charge in [0.05, 0.1) is 5.60 Å². The number of nitrogens with one attached hydrogen (secondary N) is 2. The molecule has 1 aromatic heterocycles. The van der Waals surface area contributed by atoms with Crippen LogP contribution in [0.5, 0.6) is 0 Å². The van der Waals surface area contributed by atoms with Crippen molar-refractivity contribution in [1.82, 2.24) is 25.4 Å².